The van der Waals surface area contributed by atoms with E-state index in [1.54, 1.807) is 54.6 Å². The molecule has 8 nitrogen and oxygen atoms in total. The zero-order valence-corrected chi connectivity index (χ0v) is 32.0. The van der Waals surface area contributed by atoms with Gasteiger partial charge in [-0.25, -0.2) is 4.98 Å². The standard InChI is InChI=1S/C43H38ClF3N4O4.ClH/c1-30-24-35(25-39(44)42(30)55-40-16-15-38(27-49-40)54-29-34-6-11-36(12-7-34)43(45,46)47)10-17-41(52)51-21-19-50(20-22-51)28-33-4-2-31(3-5-33)18-23-53-37-13-8-32(26-48)9-14-37;/h2-17,24-25,27H,18-23,28-29H2,1H3;1H. The summed E-state index contributed by atoms with van der Waals surface area (Å²) in [6.45, 7) is 6.10. The average molecular weight is 804 g/mol. The summed E-state index contributed by atoms with van der Waals surface area (Å²) < 4.78 is 55.8. The van der Waals surface area contributed by atoms with Crippen LogP contribution in [0.4, 0.5) is 13.2 Å². The molecule has 290 valence electrons. The van der Waals surface area contributed by atoms with Crippen molar-refractivity contribution in [1.29, 1.82) is 5.26 Å². The van der Waals surface area contributed by atoms with Gasteiger partial charge in [0.1, 0.15) is 18.1 Å². The second-order valence-electron chi connectivity index (χ2n) is 13.1. The van der Waals surface area contributed by atoms with Crippen molar-refractivity contribution in [1.82, 2.24) is 14.8 Å². The maximum Gasteiger partial charge on any atom is 0.416 e. The highest BCUT2D eigenvalue weighted by Crippen LogP contribution is 2.34. The SMILES string of the molecule is Cc1cc(C=CC(=O)N2CCN(Cc3ccc(CCOc4ccc(C#N)cc4)cc3)CC2)cc(Cl)c1Oc1ccc(OCc2ccc(C(F)(F)F)cc2)cn1.Cl. The summed E-state index contributed by atoms with van der Waals surface area (Å²) in [5.74, 6) is 1.82. The van der Waals surface area contributed by atoms with Gasteiger partial charge in [0.2, 0.25) is 11.8 Å². The summed E-state index contributed by atoms with van der Waals surface area (Å²) in [5.41, 5.74) is 4.39. The number of benzene rings is 4. The highest BCUT2D eigenvalue weighted by molar-refractivity contribution is 6.32. The fourth-order valence-corrected chi connectivity index (χ4v) is 6.25. The topological polar surface area (TPSA) is 87.9 Å². The third-order valence-electron chi connectivity index (χ3n) is 9.03. The third kappa shape index (κ3) is 11.7. The first-order chi connectivity index (χ1) is 26.5. The van der Waals surface area contributed by atoms with Gasteiger partial charge in [-0.05, 0) is 95.4 Å². The number of hydrogen-bond acceptors (Lipinski definition) is 7. The van der Waals surface area contributed by atoms with Gasteiger partial charge < -0.3 is 19.1 Å². The van der Waals surface area contributed by atoms with Crippen molar-refractivity contribution in [2.24, 2.45) is 0 Å². The molecule has 1 amide bonds. The van der Waals surface area contributed by atoms with Crippen LogP contribution in [0.5, 0.6) is 23.1 Å². The Morgan fingerprint density at radius 1 is 0.875 bits per heavy atom. The van der Waals surface area contributed by atoms with E-state index in [-0.39, 0.29) is 30.8 Å². The number of aromatic nitrogens is 1. The van der Waals surface area contributed by atoms with Gasteiger partial charge in [-0.1, -0.05) is 48.0 Å². The number of aryl methyl sites for hydroxylation is 1. The molecular weight excluding hydrogens is 764 g/mol. The summed E-state index contributed by atoms with van der Waals surface area (Å²) in [5, 5.41) is 9.28. The van der Waals surface area contributed by atoms with Gasteiger partial charge in [-0.15, -0.1) is 12.4 Å². The zero-order valence-electron chi connectivity index (χ0n) is 30.5. The lowest BCUT2D eigenvalue weighted by atomic mass is 10.1. The van der Waals surface area contributed by atoms with E-state index in [9.17, 15) is 18.0 Å². The molecule has 56 heavy (non-hydrogen) atoms. The van der Waals surface area contributed by atoms with Gasteiger partial charge in [-0.2, -0.15) is 18.4 Å². The molecule has 0 spiro atoms. The van der Waals surface area contributed by atoms with Crippen LogP contribution in [0.2, 0.25) is 5.02 Å². The van der Waals surface area contributed by atoms with Crippen molar-refractivity contribution in [3.63, 3.8) is 0 Å². The van der Waals surface area contributed by atoms with Crippen molar-refractivity contribution in [2.45, 2.75) is 32.7 Å². The second kappa shape index (κ2) is 19.4. The predicted octanol–water partition coefficient (Wildman–Crippen LogP) is 9.71. The first kappa shape index (κ1) is 41.6. The van der Waals surface area contributed by atoms with Crippen molar-refractivity contribution in [2.75, 3.05) is 32.8 Å². The van der Waals surface area contributed by atoms with Gasteiger partial charge in [0, 0.05) is 51.3 Å². The van der Waals surface area contributed by atoms with Crippen LogP contribution in [-0.2, 0) is 30.5 Å². The van der Waals surface area contributed by atoms with Crippen molar-refractivity contribution >= 4 is 36.0 Å². The molecule has 6 rings (SSSR count). The number of hydrogen-bond donors (Lipinski definition) is 0. The molecule has 0 unspecified atom stereocenters. The molecule has 4 aromatic carbocycles. The van der Waals surface area contributed by atoms with E-state index < -0.39 is 11.7 Å². The first-order valence-electron chi connectivity index (χ1n) is 17.7. The molecule has 0 saturated carbocycles. The molecule has 1 aromatic heterocycles. The van der Waals surface area contributed by atoms with E-state index in [2.05, 4.69) is 40.2 Å². The number of pyridine rings is 1. The highest BCUT2D eigenvalue weighted by Gasteiger charge is 2.30. The number of piperazine rings is 1. The normalized spacial score (nSPS) is 13.2. The molecule has 2 heterocycles. The van der Waals surface area contributed by atoms with Crippen molar-refractivity contribution in [3.05, 3.63) is 153 Å². The third-order valence-corrected chi connectivity index (χ3v) is 9.31. The highest BCUT2D eigenvalue weighted by atomic mass is 35.5. The van der Waals surface area contributed by atoms with Gasteiger partial charge in [-0.3, -0.25) is 9.69 Å². The Morgan fingerprint density at radius 3 is 2.16 bits per heavy atom. The minimum Gasteiger partial charge on any atom is -0.493 e. The van der Waals surface area contributed by atoms with Crippen LogP contribution < -0.4 is 14.2 Å². The molecule has 1 fully saturated rings. The number of ether oxygens (including phenoxy) is 3. The van der Waals surface area contributed by atoms with E-state index in [4.69, 9.17) is 31.1 Å². The number of rotatable bonds is 13. The number of nitrogens with zero attached hydrogens (tertiary/aromatic N) is 4. The molecule has 5 aromatic rings. The van der Waals surface area contributed by atoms with Crippen LogP contribution in [0.3, 0.4) is 0 Å². The molecule has 0 bridgehead atoms. The van der Waals surface area contributed by atoms with Gasteiger partial charge >= 0.3 is 6.18 Å². The number of carbonyl (C=O) groups is 1. The monoisotopic (exact) mass is 802 g/mol. The van der Waals surface area contributed by atoms with Crippen LogP contribution in [0.15, 0.2) is 109 Å². The van der Waals surface area contributed by atoms with E-state index >= 15 is 0 Å². The molecule has 0 N–H and O–H groups in total. The molecule has 13 heteroatoms. The summed E-state index contributed by atoms with van der Waals surface area (Å²) in [4.78, 5) is 21.5. The van der Waals surface area contributed by atoms with Gasteiger partial charge in [0.15, 0.2) is 5.75 Å². The average Bonchev–Trinajstić information content (AvgIpc) is 3.19. The number of nitriles is 1. The van der Waals surface area contributed by atoms with Crippen molar-refractivity contribution < 1.29 is 32.2 Å². The minimum atomic E-state index is -4.39. The molecule has 0 atom stereocenters. The van der Waals surface area contributed by atoms with Crippen LogP contribution >= 0.6 is 24.0 Å². The molecule has 1 aliphatic rings. The Hall–Kier alpha value is -5.54. The Bertz CT molecular complexity index is 2110. The fourth-order valence-electron chi connectivity index (χ4n) is 5.94. The fraction of sp³-hybridized carbons (Fsp3) is 0.233. The number of amides is 1. The quantitative estimate of drug-likeness (QED) is 0.110. The van der Waals surface area contributed by atoms with E-state index in [1.807, 2.05) is 17.9 Å². The lowest BCUT2D eigenvalue weighted by molar-refractivity contribution is -0.137. The largest absolute Gasteiger partial charge is 0.493 e. The molecule has 1 aliphatic heterocycles. The van der Waals surface area contributed by atoms with E-state index in [1.165, 1.54) is 29.5 Å². The Labute approximate surface area is 335 Å². The lowest BCUT2D eigenvalue weighted by Crippen LogP contribution is -2.47. The molecule has 0 aliphatic carbocycles. The smallest absolute Gasteiger partial charge is 0.416 e. The van der Waals surface area contributed by atoms with Crippen LogP contribution in [0, 0.1) is 18.3 Å². The van der Waals surface area contributed by atoms with E-state index in [0.717, 1.165) is 55.1 Å². The van der Waals surface area contributed by atoms with Crippen LogP contribution in [0.1, 0.15) is 38.9 Å². The second-order valence-corrected chi connectivity index (χ2v) is 13.5. The zero-order chi connectivity index (χ0) is 38.8. The number of alkyl halides is 3. The summed E-state index contributed by atoms with van der Waals surface area (Å²) >= 11 is 6.59. The lowest BCUT2D eigenvalue weighted by Gasteiger charge is -2.34. The van der Waals surface area contributed by atoms with Crippen LogP contribution in [0.25, 0.3) is 6.08 Å². The first-order valence-corrected chi connectivity index (χ1v) is 18.0. The van der Waals surface area contributed by atoms with Gasteiger partial charge in [0.05, 0.1) is 35.0 Å². The van der Waals surface area contributed by atoms with Crippen LogP contribution in [-0.4, -0.2) is 53.5 Å². The molecular formula is C43H39Cl2F3N4O4. The summed E-state index contributed by atoms with van der Waals surface area (Å²) in [6.07, 6.45) is 1.16. The summed E-state index contributed by atoms with van der Waals surface area (Å²) in [6, 6.07) is 29.4. The Balaban J connectivity index is 0.00000600. The number of carbonyl (C=O) groups excluding carboxylic acids is 1. The van der Waals surface area contributed by atoms with Gasteiger partial charge in [0.25, 0.3) is 0 Å². The Kier molecular flexibility index (Phi) is 14.4. The minimum absolute atomic E-state index is 0. The maximum atomic E-state index is 13.0. The van der Waals surface area contributed by atoms with E-state index in [0.29, 0.717) is 47.3 Å². The summed E-state index contributed by atoms with van der Waals surface area (Å²) in [7, 11) is 0. The Morgan fingerprint density at radius 2 is 1.54 bits per heavy atom. The van der Waals surface area contributed by atoms with Crippen molar-refractivity contribution in [3.8, 4) is 29.2 Å². The number of halogens is 5. The predicted molar refractivity (Wildman–Crippen MR) is 211 cm³/mol. The molecule has 1 saturated heterocycles. The maximum absolute atomic E-state index is 13.0. The molecule has 0 radical (unpaired) electrons.